The molecule has 0 radical (unpaired) electrons. The Balaban J connectivity index is 1.63. The fourth-order valence-corrected chi connectivity index (χ4v) is 2.66. The summed E-state index contributed by atoms with van der Waals surface area (Å²) in [4.78, 5) is 0. The molecule has 0 aliphatic heterocycles. The second-order valence-electron chi connectivity index (χ2n) is 5.76. The molecule has 0 saturated carbocycles. The Hall–Kier alpha value is -3.14. The maximum atomic E-state index is 5.91. The molecule has 0 aliphatic carbocycles. The number of nitrogens with zero attached hydrogens (tertiary/aromatic N) is 3. The molecule has 4 nitrogen and oxygen atoms in total. The van der Waals surface area contributed by atoms with Crippen LogP contribution in [0.4, 0.5) is 0 Å². The largest absolute Gasteiger partial charge is 0.489 e. The first kappa shape index (κ1) is 14.5. The quantitative estimate of drug-likeness (QED) is 0.564. The monoisotopic (exact) mass is 315 g/mol. The van der Waals surface area contributed by atoms with Crippen LogP contribution in [0.15, 0.2) is 72.9 Å². The molecule has 0 amide bonds. The summed E-state index contributed by atoms with van der Waals surface area (Å²) in [5.74, 6) is 1.64. The predicted molar refractivity (Wildman–Crippen MR) is 93.9 cm³/mol. The van der Waals surface area contributed by atoms with Gasteiger partial charge in [-0.1, -0.05) is 48.5 Å². The van der Waals surface area contributed by atoms with Crippen LogP contribution >= 0.6 is 0 Å². The molecule has 0 atom stereocenters. The third-order valence-corrected chi connectivity index (χ3v) is 3.89. The average molecular weight is 315 g/mol. The van der Waals surface area contributed by atoms with Gasteiger partial charge < -0.3 is 4.74 Å². The fraction of sp³-hybridized carbons (Fsp3) is 0.100. The van der Waals surface area contributed by atoms with Gasteiger partial charge in [-0.05, 0) is 36.2 Å². The number of ether oxygens (including phenoxy) is 1. The van der Waals surface area contributed by atoms with Gasteiger partial charge in [0.1, 0.15) is 12.4 Å². The number of rotatable bonds is 4. The molecular weight excluding hydrogens is 298 g/mol. The second-order valence-corrected chi connectivity index (χ2v) is 5.76. The van der Waals surface area contributed by atoms with E-state index in [1.165, 1.54) is 5.56 Å². The summed E-state index contributed by atoms with van der Waals surface area (Å²) in [6.45, 7) is 2.60. The van der Waals surface area contributed by atoms with Gasteiger partial charge in [-0.15, -0.1) is 10.2 Å². The van der Waals surface area contributed by atoms with Crippen LogP contribution in [-0.2, 0) is 6.61 Å². The number of benzene rings is 2. The lowest BCUT2D eigenvalue weighted by Gasteiger charge is -2.08. The van der Waals surface area contributed by atoms with Crippen molar-refractivity contribution in [2.24, 2.45) is 0 Å². The topological polar surface area (TPSA) is 39.4 Å². The van der Waals surface area contributed by atoms with E-state index in [2.05, 4.69) is 29.3 Å². The van der Waals surface area contributed by atoms with E-state index < -0.39 is 0 Å². The number of hydrogen-bond acceptors (Lipinski definition) is 3. The molecule has 24 heavy (non-hydrogen) atoms. The Labute approximate surface area is 140 Å². The molecule has 4 aromatic rings. The van der Waals surface area contributed by atoms with Gasteiger partial charge in [0.25, 0.3) is 0 Å². The van der Waals surface area contributed by atoms with Crippen LogP contribution in [0.2, 0.25) is 0 Å². The molecule has 0 unspecified atom stereocenters. The lowest BCUT2D eigenvalue weighted by Crippen LogP contribution is -1.96. The van der Waals surface area contributed by atoms with Gasteiger partial charge in [0.15, 0.2) is 11.5 Å². The van der Waals surface area contributed by atoms with E-state index in [1.807, 2.05) is 65.2 Å². The van der Waals surface area contributed by atoms with Crippen molar-refractivity contribution in [3.8, 4) is 17.1 Å². The minimum absolute atomic E-state index is 0.546. The van der Waals surface area contributed by atoms with Gasteiger partial charge in [0.2, 0.25) is 0 Å². The molecule has 2 heterocycles. The molecule has 118 valence electrons. The summed E-state index contributed by atoms with van der Waals surface area (Å²) in [5.41, 5.74) is 4.14. The van der Waals surface area contributed by atoms with Crippen LogP contribution in [0.5, 0.6) is 5.75 Å². The zero-order valence-corrected chi connectivity index (χ0v) is 13.4. The Morgan fingerprint density at radius 3 is 2.67 bits per heavy atom. The lowest BCUT2D eigenvalue weighted by atomic mass is 10.2. The maximum Gasteiger partial charge on any atom is 0.168 e. The number of pyridine rings is 1. The van der Waals surface area contributed by atoms with E-state index >= 15 is 0 Å². The third-order valence-electron chi connectivity index (χ3n) is 3.89. The molecule has 4 heteroatoms. The zero-order chi connectivity index (χ0) is 16.4. The molecule has 0 fully saturated rings. The van der Waals surface area contributed by atoms with Crippen molar-refractivity contribution in [2.45, 2.75) is 13.5 Å². The molecule has 0 saturated heterocycles. The van der Waals surface area contributed by atoms with E-state index in [-0.39, 0.29) is 0 Å². The molecule has 0 aliphatic rings. The van der Waals surface area contributed by atoms with Crippen molar-refractivity contribution in [1.29, 1.82) is 0 Å². The van der Waals surface area contributed by atoms with Crippen molar-refractivity contribution in [2.75, 3.05) is 0 Å². The first-order valence-electron chi connectivity index (χ1n) is 7.88. The Morgan fingerprint density at radius 1 is 0.917 bits per heavy atom. The molecule has 0 N–H and O–H groups in total. The van der Waals surface area contributed by atoms with Gasteiger partial charge >= 0.3 is 0 Å². The zero-order valence-electron chi connectivity index (χ0n) is 13.4. The Kier molecular flexibility index (Phi) is 3.71. The van der Waals surface area contributed by atoms with Gasteiger partial charge in [-0.3, -0.25) is 4.40 Å². The van der Waals surface area contributed by atoms with E-state index in [4.69, 9.17) is 4.74 Å². The molecular formula is C20H17N3O. The smallest absolute Gasteiger partial charge is 0.168 e. The number of aromatic nitrogens is 3. The minimum atomic E-state index is 0.546. The van der Waals surface area contributed by atoms with Crippen molar-refractivity contribution < 1.29 is 4.74 Å². The molecule has 0 bridgehead atoms. The molecule has 2 aromatic heterocycles. The van der Waals surface area contributed by atoms with Crippen molar-refractivity contribution in [3.63, 3.8) is 0 Å². The van der Waals surface area contributed by atoms with Crippen molar-refractivity contribution >= 4 is 5.65 Å². The lowest BCUT2D eigenvalue weighted by molar-refractivity contribution is 0.306. The first-order valence-corrected chi connectivity index (χ1v) is 7.88. The van der Waals surface area contributed by atoms with Gasteiger partial charge in [0, 0.05) is 11.8 Å². The number of hydrogen-bond donors (Lipinski definition) is 0. The van der Waals surface area contributed by atoms with Gasteiger partial charge in [0.05, 0.1) is 0 Å². The van der Waals surface area contributed by atoms with Crippen LogP contribution in [0.1, 0.15) is 11.1 Å². The Bertz CT molecular complexity index is 977. The van der Waals surface area contributed by atoms with Crippen molar-refractivity contribution in [1.82, 2.24) is 14.6 Å². The summed E-state index contributed by atoms with van der Waals surface area (Å²) < 4.78 is 7.91. The summed E-state index contributed by atoms with van der Waals surface area (Å²) in [6, 6.07) is 22.1. The van der Waals surface area contributed by atoms with E-state index in [0.29, 0.717) is 6.61 Å². The normalized spacial score (nSPS) is 10.9. The van der Waals surface area contributed by atoms with Crippen molar-refractivity contribution in [3.05, 3.63) is 84.1 Å². The molecule has 0 spiro atoms. The highest BCUT2D eigenvalue weighted by Crippen LogP contribution is 2.24. The highest BCUT2D eigenvalue weighted by molar-refractivity contribution is 5.61. The predicted octanol–water partition coefficient (Wildman–Crippen LogP) is 4.28. The van der Waals surface area contributed by atoms with Crippen LogP contribution in [0.25, 0.3) is 17.0 Å². The van der Waals surface area contributed by atoms with Crippen LogP contribution in [0, 0.1) is 6.92 Å². The second kappa shape index (κ2) is 6.16. The maximum absolute atomic E-state index is 5.91. The Morgan fingerprint density at radius 2 is 1.79 bits per heavy atom. The summed E-state index contributed by atoms with van der Waals surface area (Å²) >= 11 is 0. The van der Waals surface area contributed by atoms with Crippen LogP contribution in [-0.4, -0.2) is 14.6 Å². The van der Waals surface area contributed by atoms with Gasteiger partial charge in [-0.25, -0.2) is 0 Å². The standard InChI is InChI=1S/C20H17N3O/c1-15-10-11-19-21-22-20(23(19)13-15)17-8-5-9-18(12-17)24-14-16-6-3-2-4-7-16/h2-13H,14H2,1H3. The molecule has 2 aromatic carbocycles. The minimum Gasteiger partial charge on any atom is -0.489 e. The average Bonchev–Trinajstić information content (AvgIpc) is 3.04. The van der Waals surface area contributed by atoms with Crippen LogP contribution in [0.3, 0.4) is 0 Å². The number of fused-ring (bicyclic) bond motifs is 1. The highest BCUT2D eigenvalue weighted by Gasteiger charge is 2.09. The third kappa shape index (κ3) is 2.86. The van der Waals surface area contributed by atoms with E-state index in [0.717, 1.165) is 28.3 Å². The summed E-state index contributed by atoms with van der Waals surface area (Å²) in [5, 5.41) is 8.56. The van der Waals surface area contributed by atoms with E-state index in [9.17, 15) is 0 Å². The first-order chi connectivity index (χ1) is 11.8. The number of aryl methyl sites for hydroxylation is 1. The van der Waals surface area contributed by atoms with E-state index in [1.54, 1.807) is 0 Å². The summed E-state index contributed by atoms with van der Waals surface area (Å²) in [7, 11) is 0. The van der Waals surface area contributed by atoms with Crippen LogP contribution < -0.4 is 4.74 Å². The fourth-order valence-electron chi connectivity index (χ4n) is 2.66. The van der Waals surface area contributed by atoms with Gasteiger partial charge in [-0.2, -0.15) is 0 Å². The SMILES string of the molecule is Cc1ccc2nnc(-c3cccc(OCc4ccccc4)c3)n2c1. The highest BCUT2D eigenvalue weighted by atomic mass is 16.5. The molecule has 4 rings (SSSR count). The summed E-state index contributed by atoms with van der Waals surface area (Å²) in [6.07, 6.45) is 2.04.